The highest BCUT2D eigenvalue weighted by Gasteiger charge is 2.43. The summed E-state index contributed by atoms with van der Waals surface area (Å²) in [7, 11) is 2.85. The minimum absolute atomic E-state index is 0.0951. The maximum atomic E-state index is 13.8. The maximum absolute atomic E-state index is 13.8. The lowest BCUT2D eigenvalue weighted by Crippen LogP contribution is -2.59. The number of nitrogens with zero attached hydrogens (tertiary/aromatic N) is 4. The van der Waals surface area contributed by atoms with Crippen molar-refractivity contribution in [3.8, 4) is 0 Å². The van der Waals surface area contributed by atoms with Gasteiger partial charge in [-0.25, -0.2) is 23.6 Å². The van der Waals surface area contributed by atoms with E-state index < -0.39 is 29.5 Å². The summed E-state index contributed by atoms with van der Waals surface area (Å²) in [4.78, 5) is 34.7. The average molecular weight is 318 g/mol. The van der Waals surface area contributed by atoms with Gasteiger partial charge in [-0.3, -0.25) is 14.6 Å². The second kappa shape index (κ2) is 5.38. The van der Waals surface area contributed by atoms with Crippen molar-refractivity contribution in [2.45, 2.75) is 0 Å². The van der Waals surface area contributed by atoms with Crippen molar-refractivity contribution in [2.75, 3.05) is 14.1 Å². The summed E-state index contributed by atoms with van der Waals surface area (Å²) in [6, 6.07) is 2.47. The van der Waals surface area contributed by atoms with E-state index in [4.69, 9.17) is 0 Å². The van der Waals surface area contributed by atoms with Gasteiger partial charge < -0.3 is 0 Å². The number of aliphatic imine (C=N–C) groups is 2. The number of fused-ring (bicyclic) bond motifs is 1. The third-order valence-electron chi connectivity index (χ3n) is 3.66. The highest BCUT2D eigenvalue weighted by Crippen LogP contribution is 2.26. The van der Waals surface area contributed by atoms with E-state index in [1.54, 1.807) is 0 Å². The Morgan fingerprint density at radius 3 is 2.61 bits per heavy atom. The van der Waals surface area contributed by atoms with Gasteiger partial charge in [0.2, 0.25) is 5.91 Å². The Labute approximate surface area is 130 Å². The van der Waals surface area contributed by atoms with E-state index >= 15 is 0 Å². The van der Waals surface area contributed by atoms with Crippen molar-refractivity contribution in [3.63, 3.8) is 0 Å². The quantitative estimate of drug-likeness (QED) is 0.796. The van der Waals surface area contributed by atoms with E-state index in [0.29, 0.717) is 6.07 Å². The fourth-order valence-electron chi connectivity index (χ4n) is 2.43. The summed E-state index contributed by atoms with van der Waals surface area (Å²) in [5.74, 6) is -2.74. The number of carbonyl (C=O) groups excluding carboxylic acids is 2. The molecule has 0 bridgehead atoms. The molecule has 2 aliphatic heterocycles. The molecule has 0 aliphatic carbocycles. The van der Waals surface area contributed by atoms with Crippen molar-refractivity contribution in [3.05, 3.63) is 42.1 Å². The summed E-state index contributed by atoms with van der Waals surface area (Å²) < 4.78 is 26.8. The molecule has 1 aromatic carbocycles. The van der Waals surface area contributed by atoms with Gasteiger partial charge in [-0.2, -0.15) is 0 Å². The first-order valence-corrected chi connectivity index (χ1v) is 6.73. The van der Waals surface area contributed by atoms with Crippen LogP contribution in [-0.2, 0) is 4.79 Å². The first-order chi connectivity index (χ1) is 10.9. The molecule has 23 heavy (non-hydrogen) atoms. The van der Waals surface area contributed by atoms with Crippen LogP contribution in [0.3, 0.4) is 0 Å². The van der Waals surface area contributed by atoms with E-state index in [2.05, 4.69) is 9.98 Å². The minimum atomic E-state index is -0.905. The Morgan fingerprint density at radius 2 is 1.91 bits per heavy atom. The molecule has 0 saturated carbocycles. The number of hydrogen-bond donors (Lipinski definition) is 0. The molecule has 1 fully saturated rings. The van der Waals surface area contributed by atoms with Crippen molar-refractivity contribution in [2.24, 2.45) is 15.9 Å². The monoisotopic (exact) mass is 318 g/mol. The number of halogens is 2. The first kappa shape index (κ1) is 15.0. The van der Waals surface area contributed by atoms with Gasteiger partial charge in [-0.15, -0.1) is 0 Å². The zero-order valence-corrected chi connectivity index (χ0v) is 12.3. The maximum Gasteiger partial charge on any atom is 0.331 e. The topological polar surface area (TPSA) is 65.3 Å². The van der Waals surface area contributed by atoms with E-state index in [1.165, 1.54) is 37.3 Å². The van der Waals surface area contributed by atoms with Crippen molar-refractivity contribution in [1.82, 2.24) is 9.80 Å². The summed E-state index contributed by atoms with van der Waals surface area (Å²) in [5, 5.41) is 0. The Bertz CT molecular complexity index is 801. The molecule has 1 aromatic rings. The number of amidine groups is 1. The van der Waals surface area contributed by atoms with Gasteiger partial charge in [0, 0.05) is 26.4 Å². The summed E-state index contributed by atoms with van der Waals surface area (Å²) in [6.07, 6.45) is 2.85. The highest BCUT2D eigenvalue weighted by atomic mass is 19.1. The lowest BCUT2D eigenvalue weighted by atomic mass is 9.95. The van der Waals surface area contributed by atoms with Crippen LogP contribution in [0.2, 0.25) is 0 Å². The lowest BCUT2D eigenvalue weighted by molar-refractivity contribution is -0.128. The molecule has 6 nitrogen and oxygen atoms in total. The fraction of sp³-hybridized carbons (Fsp3) is 0.200. The summed E-state index contributed by atoms with van der Waals surface area (Å²) in [5.41, 5.74) is 0.138. The molecule has 0 aromatic heterocycles. The molecule has 3 rings (SSSR count). The van der Waals surface area contributed by atoms with Gasteiger partial charge >= 0.3 is 6.03 Å². The Hall–Kier alpha value is -2.90. The van der Waals surface area contributed by atoms with Gasteiger partial charge in [0.25, 0.3) is 0 Å². The molecule has 2 aliphatic rings. The number of amides is 3. The molecule has 1 saturated heterocycles. The van der Waals surface area contributed by atoms with Crippen molar-refractivity contribution < 1.29 is 18.4 Å². The molecule has 1 atom stereocenters. The zero-order valence-electron chi connectivity index (χ0n) is 12.3. The smallest absolute Gasteiger partial charge is 0.284 e. The molecule has 0 radical (unpaired) electrons. The van der Waals surface area contributed by atoms with Crippen LogP contribution in [0.15, 0.2) is 40.5 Å². The highest BCUT2D eigenvalue weighted by molar-refractivity contribution is 6.32. The van der Waals surface area contributed by atoms with Crippen LogP contribution in [-0.4, -0.2) is 47.4 Å². The number of carbonyl (C=O) groups is 2. The molecule has 0 spiro atoms. The van der Waals surface area contributed by atoms with E-state index in [0.717, 1.165) is 11.0 Å². The van der Waals surface area contributed by atoms with Crippen molar-refractivity contribution in [1.29, 1.82) is 0 Å². The molecule has 0 N–H and O–H groups in total. The Kier molecular flexibility index (Phi) is 3.51. The standard InChI is InChI=1S/C15H12F2N4O2/c1-20-13-12(14(22)21(2)15(20)23)11(5-6-18-13)19-10-4-3-8(16)7-9(10)17/h3-7,12H,1-2H3. The van der Waals surface area contributed by atoms with Gasteiger partial charge in [0.1, 0.15) is 17.6 Å². The molecule has 3 amide bonds. The number of hydrogen-bond acceptors (Lipinski definition) is 4. The van der Waals surface area contributed by atoms with Gasteiger partial charge in [-0.05, 0) is 18.2 Å². The van der Waals surface area contributed by atoms with Gasteiger partial charge in [0.05, 0.1) is 11.4 Å². The second-order valence-corrected chi connectivity index (χ2v) is 5.11. The molecule has 2 heterocycles. The zero-order chi connectivity index (χ0) is 16.7. The predicted molar refractivity (Wildman–Crippen MR) is 79.4 cm³/mol. The fourth-order valence-corrected chi connectivity index (χ4v) is 2.43. The number of benzene rings is 1. The molecule has 118 valence electrons. The van der Waals surface area contributed by atoms with Gasteiger partial charge in [0.15, 0.2) is 5.82 Å². The van der Waals surface area contributed by atoms with Crippen LogP contribution in [0.4, 0.5) is 19.3 Å². The molecular formula is C15H12F2N4O2. The summed E-state index contributed by atoms with van der Waals surface area (Å²) in [6.45, 7) is 0. The van der Waals surface area contributed by atoms with E-state index in [1.807, 2.05) is 0 Å². The second-order valence-electron chi connectivity index (χ2n) is 5.11. The third-order valence-corrected chi connectivity index (χ3v) is 3.66. The van der Waals surface area contributed by atoms with E-state index in [-0.39, 0.29) is 17.2 Å². The van der Waals surface area contributed by atoms with Crippen LogP contribution in [0.5, 0.6) is 0 Å². The van der Waals surface area contributed by atoms with Gasteiger partial charge in [-0.1, -0.05) is 0 Å². The molecular weight excluding hydrogens is 306 g/mol. The van der Waals surface area contributed by atoms with E-state index in [9.17, 15) is 18.4 Å². The van der Waals surface area contributed by atoms with Crippen LogP contribution in [0.1, 0.15) is 0 Å². The molecule has 1 unspecified atom stereocenters. The van der Waals surface area contributed by atoms with Crippen molar-refractivity contribution >= 4 is 29.2 Å². The normalized spacial score (nSPS) is 22.5. The number of rotatable bonds is 1. The third kappa shape index (κ3) is 2.41. The number of allylic oxidation sites excluding steroid dienone is 1. The first-order valence-electron chi connectivity index (χ1n) is 6.73. The van der Waals surface area contributed by atoms with Crippen LogP contribution >= 0.6 is 0 Å². The average Bonchev–Trinajstić information content (AvgIpc) is 2.53. The Balaban J connectivity index is 2.06. The number of urea groups is 1. The predicted octanol–water partition coefficient (Wildman–Crippen LogP) is 2.10. The van der Waals surface area contributed by atoms with Crippen LogP contribution < -0.4 is 0 Å². The SMILES string of the molecule is CN1C(=O)C2C(=Nc3ccc(F)cc3F)C=CN=C2N(C)C1=O. The largest absolute Gasteiger partial charge is 0.331 e. The molecule has 8 heteroatoms. The van der Waals surface area contributed by atoms with Crippen LogP contribution in [0, 0.1) is 17.6 Å². The Morgan fingerprint density at radius 1 is 1.17 bits per heavy atom. The number of imide groups is 1. The lowest BCUT2D eigenvalue weighted by Gasteiger charge is -2.36. The van der Waals surface area contributed by atoms with Crippen LogP contribution in [0.25, 0.3) is 0 Å². The summed E-state index contributed by atoms with van der Waals surface area (Å²) >= 11 is 0. The minimum Gasteiger partial charge on any atom is -0.284 e.